The maximum absolute atomic E-state index is 13.9. The van der Waals surface area contributed by atoms with Gasteiger partial charge >= 0.3 is 59.1 Å². The van der Waals surface area contributed by atoms with Crippen molar-refractivity contribution in [1.29, 1.82) is 0 Å². The minimum Gasteiger partial charge on any atom is -0.790 e. The third kappa shape index (κ3) is 6.84. The van der Waals surface area contributed by atoms with Crippen molar-refractivity contribution in [2.45, 2.75) is 25.6 Å². The number of nitrogens with zero attached hydrogens (tertiary/aromatic N) is 4. The van der Waals surface area contributed by atoms with Gasteiger partial charge in [-0.05, 0) is 32.6 Å². The van der Waals surface area contributed by atoms with Crippen LogP contribution in [-0.2, 0) is 36.5 Å². The van der Waals surface area contributed by atoms with Crippen LogP contribution in [0.4, 0.5) is 0 Å². The van der Waals surface area contributed by atoms with Gasteiger partial charge in [0.15, 0.2) is 0 Å². The molecule has 4 heterocycles. The fraction of sp³-hybridized carbons (Fsp3) is 0.310. The summed E-state index contributed by atoms with van der Waals surface area (Å²) >= 11 is 0. The number of phosphoric ester groups is 1. The van der Waals surface area contributed by atoms with Crippen LogP contribution in [0.5, 0.6) is 0 Å². The predicted molar refractivity (Wildman–Crippen MR) is 149 cm³/mol. The Labute approximate surface area is 293 Å². The predicted octanol–water partition coefficient (Wildman–Crippen LogP) is -3.96. The summed E-state index contributed by atoms with van der Waals surface area (Å²) < 4.78 is 26.1. The summed E-state index contributed by atoms with van der Waals surface area (Å²) in [7, 11) is -1.43. The maximum atomic E-state index is 13.9. The second-order valence-corrected chi connectivity index (χ2v) is 11.7. The molecule has 2 aliphatic heterocycles. The van der Waals surface area contributed by atoms with E-state index >= 15 is 0 Å². The molecule has 14 heteroatoms. The Bertz CT molecular complexity index is 1760. The van der Waals surface area contributed by atoms with Crippen molar-refractivity contribution in [3.8, 4) is 0 Å². The minimum absolute atomic E-state index is 0. The van der Waals surface area contributed by atoms with Crippen LogP contribution < -0.4 is 68.9 Å². The second-order valence-electron chi connectivity index (χ2n) is 10.5. The zero-order valence-electron chi connectivity index (χ0n) is 24.7. The number of hydrogen-bond donors (Lipinski definition) is 0. The van der Waals surface area contributed by atoms with Gasteiger partial charge in [0.25, 0.3) is 11.8 Å². The SMILES string of the molecule is CN(C)C[C@@H]1CCn2cc(c3ccccc32)C2=C(C(=O)N(COP(=O)([O-])[O-])C2=O)c2cn(c3ccccc23)CCO1.[Na+].[Na+]. The van der Waals surface area contributed by atoms with E-state index < -0.39 is 26.4 Å². The molecule has 43 heavy (non-hydrogen) atoms. The Balaban J connectivity index is 0.00000212. The normalized spacial score (nSPS) is 17.7. The van der Waals surface area contributed by atoms with Gasteiger partial charge in [-0.1, -0.05) is 36.4 Å². The van der Waals surface area contributed by atoms with E-state index in [-0.39, 0.29) is 76.4 Å². The molecule has 0 radical (unpaired) electrons. The summed E-state index contributed by atoms with van der Waals surface area (Å²) in [5.41, 5.74) is 3.09. The number of para-hydroxylation sites is 2. The number of aryl methyl sites for hydroxylation is 1. The first-order valence-corrected chi connectivity index (χ1v) is 14.8. The fourth-order valence-corrected chi connectivity index (χ4v) is 6.08. The topological polar surface area (TPSA) is 132 Å². The van der Waals surface area contributed by atoms with Crippen LogP contribution in [0.2, 0.25) is 0 Å². The molecular weight excluding hydrogens is 593 g/mol. The number of imide groups is 1. The molecule has 6 rings (SSSR count). The molecule has 0 saturated heterocycles. The van der Waals surface area contributed by atoms with Crippen molar-refractivity contribution < 1.29 is 92.3 Å². The number of benzene rings is 2. The molecule has 2 aromatic heterocycles. The van der Waals surface area contributed by atoms with Gasteiger partial charge in [-0.25, -0.2) is 4.90 Å². The van der Waals surface area contributed by atoms with Crippen molar-refractivity contribution in [1.82, 2.24) is 18.9 Å². The molecule has 214 valence electrons. The number of rotatable bonds is 5. The molecular formula is C29H29N4Na2O7P. The molecule has 2 amide bonds. The van der Waals surface area contributed by atoms with E-state index in [4.69, 9.17) is 4.74 Å². The molecule has 1 atom stereocenters. The van der Waals surface area contributed by atoms with Gasteiger partial charge in [-0.3, -0.25) is 9.59 Å². The first-order valence-electron chi connectivity index (χ1n) is 13.3. The molecule has 2 aromatic carbocycles. The second kappa shape index (κ2) is 13.8. The van der Waals surface area contributed by atoms with Gasteiger partial charge in [0, 0.05) is 65.0 Å². The van der Waals surface area contributed by atoms with E-state index in [2.05, 4.69) is 14.0 Å². The van der Waals surface area contributed by atoms with Crippen LogP contribution in [0.1, 0.15) is 17.5 Å². The zero-order chi connectivity index (χ0) is 28.9. The van der Waals surface area contributed by atoms with Gasteiger partial charge in [0.05, 0.1) is 31.7 Å². The van der Waals surface area contributed by atoms with Crippen LogP contribution in [0, 0.1) is 0 Å². The van der Waals surface area contributed by atoms with E-state index in [1.807, 2.05) is 79.6 Å². The molecule has 0 N–H and O–H groups in total. The average Bonchev–Trinajstić information content (AvgIpc) is 3.54. The molecule has 0 fully saturated rings. The smallest absolute Gasteiger partial charge is 0.790 e. The van der Waals surface area contributed by atoms with Crippen molar-refractivity contribution >= 4 is 52.6 Å². The fourth-order valence-electron chi connectivity index (χ4n) is 5.82. The van der Waals surface area contributed by atoms with E-state index in [9.17, 15) is 23.9 Å². The number of hydrogen-bond acceptors (Lipinski definition) is 8. The Morgan fingerprint density at radius 1 is 0.884 bits per heavy atom. The molecule has 0 saturated carbocycles. The first-order chi connectivity index (χ1) is 19.6. The number of phosphoric acid groups is 1. The molecule has 4 aromatic rings. The third-order valence-corrected chi connectivity index (χ3v) is 8.01. The van der Waals surface area contributed by atoms with Gasteiger partial charge in [-0.15, -0.1) is 0 Å². The van der Waals surface area contributed by atoms with Gasteiger partial charge in [0.2, 0.25) is 0 Å². The van der Waals surface area contributed by atoms with E-state index in [0.29, 0.717) is 35.7 Å². The van der Waals surface area contributed by atoms with Crippen molar-refractivity contribution in [3.05, 3.63) is 72.1 Å². The monoisotopic (exact) mass is 622 g/mol. The van der Waals surface area contributed by atoms with Crippen LogP contribution in [-0.4, -0.2) is 70.8 Å². The standard InChI is InChI=1S/C29H31N4O7P.2Na/c1-30(2)15-19-11-12-31-16-22(20-7-3-5-9-24(20)31)26-27(29(35)33(28(26)34)18-40-41(36,37)38)23-17-32(13-14-39-19)25-10-6-4-8-21(23)25;;/h3-10,16-17,19H,11-15,18H2,1-2H3,(H2,36,37,38);;/q;2*+1/p-2/t19-;;/m0../s1. The molecule has 0 aliphatic carbocycles. The molecule has 2 aliphatic rings. The van der Waals surface area contributed by atoms with Crippen LogP contribution >= 0.6 is 7.82 Å². The van der Waals surface area contributed by atoms with Crippen LogP contribution in [0.15, 0.2) is 60.9 Å². The summed E-state index contributed by atoms with van der Waals surface area (Å²) in [5, 5.41) is 1.52. The zero-order valence-corrected chi connectivity index (χ0v) is 29.6. The summed E-state index contributed by atoms with van der Waals surface area (Å²) in [4.78, 5) is 53.1. The molecule has 0 spiro atoms. The number of ether oxygens (including phenoxy) is 1. The Morgan fingerprint density at radius 2 is 1.40 bits per heavy atom. The number of aromatic nitrogens is 2. The Kier molecular flexibility index (Phi) is 11.0. The summed E-state index contributed by atoms with van der Waals surface area (Å²) in [5.74, 6) is -1.45. The van der Waals surface area contributed by atoms with E-state index in [1.54, 1.807) is 0 Å². The minimum atomic E-state index is -5.44. The number of likely N-dealkylation sites (N-methyl/N-ethyl adjacent to an activating group) is 1. The summed E-state index contributed by atoms with van der Waals surface area (Å²) in [6.07, 6.45) is 4.37. The van der Waals surface area contributed by atoms with Gasteiger partial charge < -0.3 is 37.6 Å². The van der Waals surface area contributed by atoms with Crippen molar-refractivity contribution in [2.24, 2.45) is 0 Å². The third-order valence-electron chi connectivity index (χ3n) is 7.58. The Hall–Kier alpha value is -1.57. The van der Waals surface area contributed by atoms with E-state index in [0.717, 1.165) is 34.8 Å². The summed E-state index contributed by atoms with van der Waals surface area (Å²) in [6.45, 7) is 1.31. The molecule has 0 unspecified atom stereocenters. The quantitative estimate of drug-likeness (QED) is 0.125. The Morgan fingerprint density at radius 3 is 1.91 bits per heavy atom. The summed E-state index contributed by atoms with van der Waals surface area (Å²) in [6, 6.07) is 15.2. The largest absolute Gasteiger partial charge is 1.00 e. The molecule has 4 bridgehead atoms. The first kappa shape index (κ1) is 34.3. The van der Waals surface area contributed by atoms with E-state index in [1.165, 1.54) is 0 Å². The number of carbonyl (C=O) groups excluding carboxylic acids is 2. The van der Waals surface area contributed by atoms with Gasteiger partial charge in [-0.2, -0.15) is 0 Å². The number of fused-ring (bicyclic) bond motifs is 12. The van der Waals surface area contributed by atoms with Crippen molar-refractivity contribution in [2.75, 3.05) is 34.0 Å². The van der Waals surface area contributed by atoms with Crippen LogP contribution in [0.3, 0.4) is 0 Å². The van der Waals surface area contributed by atoms with Gasteiger partial charge in [0.1, 0.15) is 6.73 Å². The van der Waals surface area contributed by atoms with Crippen LogP contribution in [0.25, 0.3) is 33.0 Å². The number of amides is 2. The maximum Gasteiger partial charge on any atom is 1.00 e. The number of carbonyl (C=O) groups is 2. The van der Waals surface area contributed by atoms with Crippen molar-refractivity contribution in [3.63, 3.8) is 0 Å². The average molecular weight is 623 g/mol. The molecule has 11 nitrogen and oxygen atoms in total.